The number of morpholine rings is 1. The molecule has 0 aliphatic carbocycles. The van der Waals surface area contributed by atoms with Crippen LogP contribution in [0.15, 0.2) is 12.4 Å². The first-order chi connectivity index (χ1) is 10.2. The number of aromatic amines is 1. The summed E-state index contributed by atoms with van der Waals surface area (Å²) in [6, 6.07) is 0. The Kier molecular flexibility index (Phi) is 4.31. The van der Waals surface area contributed by atoms with Gasteiger partial charge in [-0.15, -0.1) is 0 Å². The largest absolute Gasteiger partial charge is 0.367 e. The van der Waals surface area contributed by atoms with Crippen molar-refractivity contribution < 1.29 is 4.74 Å². The molecular weight excluding hydrogens is 268 g/mol. The molecule has 2 aromatic rings. The van der Waals surface area contributed by atoms with Crippen LogP contribution in [0, 0.1) is 6.92 Å². The summed E-state index contributed by atoms with van der Waals surface area (Å²) in [4.78, 5) is 6.80. The maximum absolute atomic E-state index is 5.78. The molecule has 114 valence electrons. The fourth-order valence-electron chi connectivity index (χ4n) is 2.67. The fourth-order valence-corrected chi connectivity index (χ4v) is 2.67. The molecule has 1 aliphatic rings. The SMILES string of the molecule is Cc1nc(C2CN(CCCc3cnn(C)c3)CCO2)n[nH]1. The molecule has 0 saturated carbocycles. The third-order valence-electron chi connectivity index (χ3n) is 3.75. The van der Waals surface area contributed by atoms with Crippen LogP contribution in [0.1, 0.15) is 29.7 Å². The molecule has 1 unspecified atom stereocenters. The predicted octanol–water partition coefficient (Wildman–Crippen LogP) is 0.853. The van der Waals surface area contributed by atoms with E-state index in [1.54, 1.807) is 0 Å². The Morgan fingerprint density at radius 1 is 1.48 bits per heavy atom. The molecular formula is C14H22N6O. The maximum atomic E-state index is 5.78. The Morgan fingerprint density at radius 3 is 3.10 bits per heavy atom. The highest BCUT2D eigenvalue weighted by molar-refractivity contribution is 5.03. The summed E-state index contributed by atoms with van der Waals surface area (Å²) < 4.78 is 7.63. The van der Waals surface area contributed by atoms with Crippen LogP contribution in [-0.2, 0) is 18.2 Å². The zero-order valence-corrected chi connectivity index (χ0v) is 12.6. The number of aromatic nitrogens is 5. The summed E-state index contributed by atoms with van der Waals surface area (Å²) in [7, 11) is 1.95. The average Bonchev–Trinajstić information content (AvgIpc) is 3.08. The summed E-state index contributed by atoms with van der Waals surface area (Å²) >= 11 is 0. The molecule has 1 aliphatic heterocycles. The lowest BCUT2D eigenvalue weighted by Crippen LogP contribution is -2.39. The molecule has 2 aromatic heterocycles. The molecule has 0 bridgehead atoms. The summed E-state index contributed by atoms with van der Waals surface area (Å²) in [5.74, 6) is 1.60. The molecule has 1 N–H and O–H groups in total. The highest BCUT2D eigenvalue weighted by Gasteiger charge is 2.24. The van der Waals surface area contributed by atoms with Gasteiger partial charge in [0, 0.05) is 26.3 Å². The standard InChI is InChI=1S/C14H22N6O/c1-11-16-14(18-17-11)13-10-20(6-7-21-13)5-3-4-12-8-15-19(2)9-12/h8-9,13H,3-7,10H2,1-2H3,(H,16,17,18). The van der Waals surface area contributed by atoms with Gasteiger partial charge in [-0.3, -0.25) is 14.7 Å². The molecule has 1 saturated heterocycles. The number of H-pyrrole nitrogens is 1. The molecule has 0 amide bonds. The second-order valence-corrected chi connectivity index (χ2v) is 5.56. The van der Waals surface area contributed by atoms with E-state index in [2.05, 4.69) is 31.4 Å². The number of ether oxygens (including phenoxy) is 1. The van der Waals surface area contributed by atoms with Gasteiger partial charge in [-0.25, -0.2) is 4.98 Å². The molecule has 1 atom stereocenters. The van der Waals surface area contributed by atoms with Crippen LogP contribution in [-0.4, -0.2) is 56.1 Å². The molecule has 21 heavy (non-hydrogen) atoms. The van der Waals surface area contributed by atoms with Crippen LogP contribution in [0.2, 0.25) is 0 Å². The van der Waals surface area contributed by atoms with Gasteiger partial charge in [0.1, 0.15) is 11.9 Å². The normalized spacial score (nSPS) is 20.0. The van der Waals surface area contributed by atoms with Crippen molar-refractivity contribution in [2.75, 3.05) is 26.2 Å². The zero-order valence-electron chi connectivity index (χ0n) is 12.6. The van der Waals surface area contributed by atoms with Gasteiger partial charge < -0.3 is 4.74 Å². The Morgan fingerprint density at radius 2 is 2.38 bits per heavy atom. The molecule has 7 heteroatoms. The highest BCUT2D eigenvalue weighted by Crippen LogP contribution is 2.19. The minimum atomic E-state index is -0.0120. The van der Waals surface area contributed by atoms with Gasteiger partial charge in [0.2, 0.25) is 0 Å². The molecule has 3 rings (SSSR count). The number of nitrogens with one attached hydrogen (secondary N) is 1. The molecule has 3 heterocycles. The van der Waals surface area contributed by atoms with Crippen LogP contribution < -0.4 is 0 Å². The number of aryl methyl sites for hydroxylation is 3. The van der Waals surface area contributed by atoms with Crippen LogP contribution in [0.25, 0.3) is 0 Å². The van der Waals surface area contributed by atoms with E-state index in [1.807, 2.05) is 24.9 Å². The van der Waals surface area contributed by atoms with E-state index < -0.39 is 0 Å². The monoisotopic (exact) mass is 290 g/mol. The first kappa shape index (κ1) is 14.2. The Hall–Kier alpha value is -1.73. The van der Waals surface area contributed by atoms with Crippen molar-refractivity contribution in [1.82, 2.24) is 29.9 Å². The quantitative estimate of drug-likeness (QED) is 0.884. The summed E-state index contributed by atoms with van der Waals surface area (Å²) in [6.45, 7) is 5.56. The van der Waals surface area contributed by atoms with Gasteiger partial charge in [0.15, 0.2) is 5.82 Å². The summed E-state index contributed by atoms with van der Waals surface area (Å²) in [6.07, 6.45) is 6.21. The van der Waals surface area contributed by atoms with Gasteiger partial charge in [-0.2, -0.15) is 10.2 Å². The van der Waals surface area contributed by atoms with Crippen LogP contribution in [0.5, 0.6) is 0 Å². The number of rotatable bonds is 5. The Labute approximate surface area is 124 Å². The van der Waals surface area contributed by atoms with Crippen molar-refractivity contribution in [3.05, 3.63) is 29.6 Å². The lowest BCUT2D eigenvalue weighted by Gasteiger charge is -2.31. The topological polar surface area (TPSA) is 71.9 Å². The van der Waals surface area contributed by atoms with E-state index in [4.69, 9.17) is 4.74 Å². The highest BCUT2D eigenvalue weighted by atomic mass is 16.5. The lowest BCUT2D eigenvalue weighted by molar-refractivity contribution is -0.0343. The molecule has 0 spiro atoms. The summed E-state index contributed by atoms with van der Waals surface area (Å²) in [5.41, 5.74) is 1.30. The van der Waals surface area contributed by atoms with E-state index in [-0.39, 0.29) is 6.10 Å². The molecule has 1 fully saturated rings. The number of hydrogen-bond acceptors (Lipinski definition) is 5. The van der Waals surface area contributed by atoms with E-state index in [0.717, 1.165) is 50.7 Å². The fraction of sp³-hybridized carbons (Fsp3) is 0.643. The molecule has 7 nitrogen and oxygen atoms in total. The van der Waals surface area contributed by atoms with Crippen molar-refractivity contribution in [3.8, 4) is 0 Å². The van der Waals surface area contributed by atoms with Crippen molar-refractivity contribution >= 4 is 0 Å². The predicted molar refractivity (Wildman–Crippen MR) is 77.8 cm³/mol. The second kappa shape index (κ2) is 6.36. The van der Waals surface area contributed by atoms with E-state index in [1.165, 1.54) is 5.56 Å². The minimum Gasteiger partial charge on any atom is -0.367 e. The van der Waals surface area contributed by atoms with Gasteiger partial charge in [-0.1, -0.05) is 0 Å². The van der Waals surface area contributed by atoms with Crippen LogP contribution in [0.3, 0.4) is 0 Å². The first-order valence-corrected chi connectivity index (χ1v) is 7.41. The van der Waals surface area contributed by atoms with Gasteiger partial charge in [-0.05, 0) is 31.9 Å². The van der Waals surface area contributed by atoms with Crippen molar-refractivity contribution in [2.45, 2.75) is 25.9 Å². The average molecular weight is 290 g/mol. The first-order valence-electron chi connectivity index (χ1n) is 7.41. The van der Waals surface area contributed by atoms with Crippen molar-refractivity contribution in [3.63, 3.8) is 0 Å². The Bertz CT molecular complexity index is 578. The van der Waals surface area contributed by atoms with Crippen LogP contribution >= 0.6 is 0 Å². The van der Waals surface area contributed by atoms with Gasteiger partial charge in [0.25, 0.3) is 0 Å². The smallest absolute Gasteiger partial charge is 0.180 e. The van der Waals surface area contributed by atoms with E-state index in [9.17, 15) is 0 Å². The summed E-state index contributed by atoms with van der Waals surface area (Å²) in [5, 5.41) is 11.3. The van der Waals surface area contributed by atoms with E-state index >= 15 is 0 Å². The third kappa shape index (κ3) is 3.68. The minimum absolute atomic E-state index is 0.0120. The van der Waals surface area contributed by atoms with Gasteiger partial charge >= 0.3 is 0 Å². The van der Waals surface area contributed by atoms with E-state index in [0.29, 0.717) is 0 Å². The molecule has 0 aromatic carbocycles. The lowest BCUT2D eigenvalue weighted by atomic mass is 10.2. The van der Waals surface area contributed by atoms with Gasteiger partial charge in [0.05, 0.1) is 12.8 Å². The van der Waals surface area contributed by atoms with Crippen molar-refractivity contribution in [1.29, 1.82) is 0 Å². The number of hydrogen-bond donors (Lipinski definition) is 1. The maximum Gasteiger partial charge on any atom is 0.180 e. The number of nitrogens with zero attached hydrogens (tertiary/aromatic N) is 5. The zero-order chi connectivity index (χ0) is 14.7. The third-order valence-corrected chi connectivity index (χ3v) is 3.75. The second-order valence-electron chi connectivity index (χ2n) is 5.56. The van der Waals surface area contributed by atoms with Crippen molar-refractivity contribution in [2.24, 2.45) is 7.05 Å². The molecule has 0 radical (unpaired) electrons. The Balaban J connectivity index is 1.47. The van der Waals surface area contributed by atoms with Crippen LogP contribution in [0.4, 0.5) is 0 Å².